The predicted molar refractivity (Wildman–Crippen MR) is 114 cm³/mol. The quantitative estimate of drug-likeness (QED) is 0.447. The fraction of sp³-hybridized carbons (Fsp3) is 0.800. The molecule has 166 valence electrons. The number of fused-ring (bicyclic) bond motifs is 1. The molecule has 0 N–H and O–H groups in total. The summed E-state index contributed by atoms with van der Waals surface area (Å²) in [7, 11) is 0. The molecule has 0 amide bonds. The predicted octanol–water partition coefficient (Wildman–Crippen LogP) is 5.34. The van der Waals surface area contributed by atoms with Crippen LogP contribution >= 0.6 is 0 Å². The van der Waals surface area contributed by atoms with Crippen LogP contribution in [-0.2, 0) is 19.1 Å². The molecule has 0 saturated heterocycles. The van der Waals surface area contributed by atoms with E-state index >= 15 is 0 Å². The Morgan fingerprint density at radius 3 is 2.43 bits per heavy atom. The monoisotopic (exact) mass is 415 g/mol. The first-order valence-electron chi connectivity index (χ1n) is 11.5. The number of carbonyl (C=O) groups is 2. The van der Waals surface area contributed by atoms with Gasteiger partial charge in [0.15, 0.2) is 0 Å². The number of carbonyl (C=O) groups excluding carboxylic acids is 2. The van der Waals surface area contributed by atoms with Gasteiger partial charge in [-0.3, -0.25) is 9.59 Å². The van der Waals surface area contributed by atoms with Gasteiger partial charge in [0.1, 0.15) is 12.2 Å². The van der Waals surface area contributed by atoms with E-state index in [4.69, 9.17) is 9.47 Å². The Hall–Kier alpha value is -1.83. The zero-order valence-electron chi connectivity index (χ0n) is 19.0. The van der Waals surface area contributed by atoms with Crippen molar-refractivity contribution in [2.45, 2.75) is 97.7 Å². The maximum absolute atomic E-state index is 12.1. The van der Waals surface area contributed by atoms with Crippen LogP contribution in [-0.4, -0.2) is 24.1 Å². The van der Waals surface area contributed by atoms with Crippen LogP contribution in [0.5, 0.6) is 0 Å². The van der Waals surface area contributed by atoms with Crippen molar-refractivity contribution in [1.29, 1.82) is 5.26 Å². The number of rotatable bonds is 5. The zero-order chi connectivity index (χ0) is 22.1. The molecule has 30 heavy (non-hydrogen) atoms. The molecule has 0 aromatic carbocycles. The normalized spacial score (nSPS) is 40.9. The molecule has 0 spiro atoms. The van der Waals surface area contributed by atoms with Crippen molar-refractivity contribution in [3.05, 3.63) is 12.2 Å². The summed E-state index contributed by atoms with van der Waals surface area (Å²) in [4.78, 5) is 23.6. The van der Waals surface area contributed by atoms with Crippen LogP contribution in [0.3, 0.4) is 0 Å². The highest BCUT2D eigenvalue weighted by Crippen LogP contribution is 2.62. The van der Waals surface area contributed by atoms with Gasteiger partial charge in [-0.1, -0.05) is 26.0 Å². The average Bonchev–Trinajstić information content (AvgIpc) is 2.97. The highest BCUT2D eigenvalue weighted by Gasteiger charge is 2.58. The molecule has 3 rings (SSSR count). The summed E-state index contributed by atoms with van der Waals surface area (Å²) in [6, 6.07) is 2.30. The molecule has 0 aromatic heterocycles. The van der Waals surface area contributed by atoms with Gasteiger partial charge >= 0.3 is 11.9 Å². The number of nitrogens with zero attached hydrogens (tertiary/aromatic N) is 1. The highest BCUT2D eigenvalue weighted by atomic mass is 16.5. The number of nitriles is 1. The molecule has 3 saturated carbocycles. The topological polar surface area (TPSA) is 76.4 Å². The first-order chi connectivity index (χ1) is 14.1. The Labute approximate surface area is 181 Å². The van der Waals surface area contributed by atoms with Crippen LogP contribution in [0.15, 0.2) is 12.2 Å². The van der Waals surface area contributed by atoms with E-state index in [2.05, 4.69) is 26.5 Å². The number of ether oxygens (including phenoxy) is 2. The third-order valence-corrected chi connectivity index (χ3v) is 8.72. The number of esters is 2. The minimum Gasteiger partial charge on any atom is -0.463 e. The first-order valence-corrected chi connectivity index (χ1v) is 11.5. The zero-order valence-corrected chi connectivity index (χ0v) is 19.0. The molecule has 7 atom stereocenters. The van der Waals surface area contributed by atoms with Crippen LogP contribution in [0.2, 0.25) is 0 Å². The minimum atomic E-state index is -0.238. The summed E-state index contributed by atoms with van der Waals surface area (Å²) in [5, 5.41) is 9.23. The van der Waals surface area contributed by atoms with Crippen molar-refractivity contribution < 1.29 is 19.1 Å². The summed E-state index contributed by atoms with van der Waals surface area (Å²) < 4.78 is 11.6. The maximum Gasteiger partial charge on any atom is 0.302 e. The van der Waals surface area contributed by atoms with Crippen molar-refractivity contribution in [3.8, 4) is 6.07 Å². The van der Waals surface area contributed by atoms with Gasteiger partial charge in [0.2, 0.25) is 0 Å². The van der Waals surface area contributed by atoms with Gasteiger partial charge in [-0.15, -0.1) is 0 Å². The molecule has 0 bridgehead atoms. The Bertz CT molecular complexity index is 740. The highest BCUT2D eigenvalue weighted by molar-refractivity contribution is 5.66. The molecule has 0 heterocycles. The molecular formula is C25H37NO4. The fourth-order valence-corrected chi connectivity index (χ4v) is 6.94. The molecule has 0 radical (unpaired) electrons. The van der Waals surface area contributed by atoms with Crippen molar-refractivity contribution in [3.63, 3.8) is 0 Å². The lowest BCUT2D eigenvalue weighted by molar-refractivity contribution is -0.176. The van der Waals surface area contributed by atoms with E-state index in [-0.39, 0.29) is 46.8 Å². The molecule has 0 unspecified atom stereocenters. The second-order valence-corrected chi connectivity index (χ2v) is 10.3. The summed E-state index contributed by atoms with van der Waals surface area (Å²) in [6.07, 6.45) is 7.76. The van der Waals surface area contributed by atoms with Crippen LogP contribution in [0.1, 0.15) is 85.5 Å². The molecule has 0 aliphatic heterocycles. The Kier molecular flexibility index (Phi) is 6.65. The smallest absolute Gasteiger partial charge is 0.302 e. The van der Waals surface area contributed by atoms with Gasteiger partial charge in [0.25, 0.3) is 0 Å². The Morgan fingerprint density at radius 1 is 1.10 bits per heavy atom. The van der Waals surface area contributed by atoms with Gasteiger partial charge in [0.05, 0.1) is 6.07 Å². The second kappa shape index (κ2) is 8.73. The van der Waals surface area contributed by atoms with E-state index in [0.717, 1.165) is 51.4 Å². The molecule has 3 aliphatic carbocycles. The van der Waals surface area contributed by atoms with Crippen LogP contribution in [0.4, 0.5) is 0 Å². The third kappa shape index (κ3) is 4.15. The molecule has 3 fully saturated rings. The number of hydrogen-bond donors (Lipinski definition) is 0. The molecular weight excluding hydrogens is 378 g/mol. The van der Waals surface area contributed by atoms with Gasteiger partial charge in [-0.05, 0) is 68.1 Å². The lowest BCUT2D eigenvalue weighted by atomic mass is 9.51. The lowest BCUT2D eigenvalue weighted by Crippen LogP contribution is -2.54. The Balaban J connectivity index is 1.91. The van der Waals surface area contributed by atoms with Gasteiger partial charge in [-0.25, -0.2) is 0 Å². The van der Waals surface area contributed by atoms with Crippen molar-refractivity contribution in [1.82, 2.24) is 0 Å². The maximum atomic E-state index is 12.1. The van der Waals surface area contributed by atoms with Gasteiger partial charge in [-0.2, -0.15) is 5.26 Å². The lowest BCUT2D eigenvalue weighted by Gasteiger charge is -2.56. The molecule has 3 aliphatic rings. The van der Waals surface area contributed by atoms with Gasteiger partial charge in [0, 0.05) is 32.1 Å². The summed E-state index contributed by atoms with van der Waals surface area (Å²) in [6.45, 7) is 11.9. The summed E-state index contributed by atoms with van der Waals surface area (Å²) in [5.41, 5.74) is 1.30. The van der Waals surface area contributed by atoms with E-state index in [0.29, 0.717) is 12.3 Å². The van der Waals surface area contributed by atoms with Crippen LogP contribution < -0.4 is 0 Å². The first kappa shape index (κ1) is 22.8. The third-order valence-electron chi connectivity index (χ3n) is 8.72. The van der Waals surface area contributed by atoms with Crippen molar-refractivity contribution >= 4 is 11.9 Å². The van der Waals surface area contributed by atoms with E-state index in [1.54, 1.807) is 0 Å². The largest absolute Gasteiger partial charge is 0.463 e. The standard InChI is InChI=1S/C25H37NO4/c1-16-8-9-21-23(30-18(3)28)22(11-13-24(16,21)4)25(5)12-10-20(29-17(2)27)15-19(25)7-6-14-26/h19-23H,1,6-13,15H2,2-5H3/t19-,20-,21-,22-,23-,24+,25-/m0/s1. The van der Waals surface area contributed by atoms with E-state index in [1.807, 2.05) is 0 Å². The molecule has 0 aromatic rings. The van der Waals surface area contributed by atoms with Crippen molar-refractivity contribution in [2.75, 3.05) is 0 Å². The molecule has 5 heteroatoms. The number of allylic oxidation sites excluding steroid dienone is 1. The summed E-state index contributed by atoms with van der Waals surface area (Å²) >= 11 is 0. The van der Waals surface area contributed by atoms with E-state index < -0.39 is 0 Å². The van der Waals surface area contributed by atoms with E-state index in [1.165, 1.54) is 19.4 Å². The van der Waals surface area contributed by atoms with Crippen LogP contribution in [0, 0.1) is 39.9 Å². The van der Waals surface area contributed by atoms with Crippen molar-refractivity contribution in [2.24, 2.45) is 28.6 Å². The fourth-order valence-electron chi connectivity index (χ4n) is 6.94. The molecule has 5 nitrogen and oxygen atoms in total. The van der Waals surface area contributed by atoms with Gasteiger partial charge < -0.3 is 9.47 Å². The number of hydrogen-bond acceptors (Lipinski definition) is 5. The summed E-state index contributed by atoms with van der Waals surface area (Å²) in [5.74, 6) is 0.391. The van der Waals surface area contributed by atoms with Crippen LogP contribution in [0.25, 0.3) is 0 Å². The average molecular weight is 416 g/mol. The SMILES string of the molecule is C=C1CC[C@H]2[C@H](OC(C)=O)[C@@H]([C@@]3(C)CC[C@H](OC(C)=O)C[C@@H]3CCC#N)CC[C@]12C. The van der Waals surface area contributed by atoms with E-state index in [9.17, 15) is 14.9 Å². The minimum absolute atomic E-state index is 0.0428. The Morgan fingerprint density at radius 2 is 1.80 bits per heavy atom. The second-order valence-electron chi connectivity index (χ2n) is 10.3.